The van der Waals surface area contributed by atoms with Crippen LogP contribution in [0.3, 0.4) is 0 Å². The van der Waals surface area contributed by atoms with Crippen molar-refractivity contribution in [3.63, 3.8) is 0 Å². The maximum atomic E-state index is 9.48. The Balaban J connectivity index is 0. The molecule has 0 aromatic carbocycles. The first-order valence-corrected chi connectivity index (χ1v) is 2.62. The molecule has 1 unspecified atom stereocenters. The Labute approximate surface area is 39.6 Å². The second kappa shape index (κ2) is 5.07. The van der Waals surface area contributed by atoms with Gasteiger partial charge in [0.25, 0.3) is 0 Å². The first-order chi connectivity index (χ1) is 2.27. The van der Waals surface area contributed by atoms with Crippen molar-refractivity contribution >= 4 is 11.1 Å². The van der Waals surface area contributed by atoms with E-state index in [-0.39, 0.29) is 6.15 Å². The molecule has 0 radical (unpaired) electrons. The largest absolute Gasteiger partial charge is 0.344 e. The van der Waals surface area contributed by atoms with E-state index >= 15 is 0 Å². The average molecular weight is 111 g/mol. The van der Waals surface area contributed by atoms with Crippen LogP contribution in [0.15, 0.2) is 0 Å². The first-order valence-electron chi connectivity index (χ1n) is 1.35. The lowest BCUT2D eigenvalue weighted by atomic mass is 11.0. The maximum Gasteiger partial charge on any atom is 0.152 e. The summed E-state index contributed by atoms with van der Waals surface area (Å²) in [5, 5.41) is 0. The van der Waals surface area contributed by atoms with Crippen molar-refractivity contribution in [3.05, 3.63) is 0 Å². The predicted octanol–water partition coefficient (Wildman–Crippen LogP) is 0.390. The van der Waals surface area contributed by atoms with E-state index in [4.69, 9.17) is 4.55 Å². The highest BCUT2D eigenvalue weighted by Crippen LogP contribution is 1.63. The van der Waals surface area contributed by atoms with E-state index in [1.807, 2.05) is 0 Å². The van der Waals surface area contributed by atoms with Gasteiger partial charge in [0.1, 0.15) is 0 Å². The highest BCUT2D eigenvalue weighted by atomic mass is 32.2. The van der Waals surface area contributed by atoms with E-state index in [2.05, 4.69) is 0 Å². The zero-order valence-electron chi connectivity index (χ0n) is 3.68. The summed E-state index contributed by atoms with van der Waals surface area (Å²) in [6, 6.07) is 0. The third-order valence-corrected chi connectivity index (χ3v) is 0.741. The lowest BCUT2D eigenvalue weighted by molar-refractivity contribution is 0.566. The van der Waals surface area contributed by atoms with Crippen molar-refractivity contribution in [1.82, 2.24) is 6.15 Å². The second-order valence-corrected chi connectivity index (χ2v) is 1.83. The molecule has 0 bridgehead atoms. The van der Waals surface area contributed by atoms with Crippen molar-refractivity contribution in [2.24, 2.45) is 0 Å². The van der Waals surface area contributed by atoms with Crippen molar-refractivity contribution in [2.45, 2.75) is 6.92 Å². The van der Waals surface area contributed by atoms with E-state index < -0.39 is 11.1 Å². The van der Waals surface area contributed by atoms with Crippen molar-refractivity contribution in [2.75, 3.05) is 5.75 Å². The Morgan fingerprint density at radius 3 is 2.00 bits per heavy atom. The Morgan fingerprint density at radius 2 is 2.00 bits per heavy atom. The summed E-state index contributed by atoms with van der Waals surface area (Å²) in [5.74, 6) is 0.333. The molecule has 6 heavy (non-hydrogen) atoms. The van der Waals surface area contributed by atoms with Crippen molar-refractivity contribution < 1.29 is 8.76 Å². The Bertz CT molecular complexity index is 46.8. The summed E-state index contributed by atoms with van der Waals surface area (Å²) in [6.45, 7) is 1.65. The molecule has 0 aromatic heterocycles. The fraction of sp³-hybridized carbons (Fsp3) is 1.00. The second-order valence-electron chi connectivity index (χ2n) is 0.610. The van der Waals surface area contributed by atoms with Crippen LogP contribution in [0.4, 0.5) is 0 Å². The van der Waals surface area contributed by atoms with E-state index in [1.54, 1.807) is 6.92 Å². The van der Waals surface area contributed by atoms with Gasteiger partial charge in [-0.25, -0.2) is 4.21 Å². The lowest BCUT2D eigenvalue weighted by Gasteiger charge is -1.73. The normalized spacial score (nSPS) is 12.3. The molecule has 1 atom stereocenters. The average Bonchev–Trinajstić information content (AvgIpc) is 1.38. The van der Waals surface area contributed by atoms with Gasteiger partial charge in [0.15, 0.2) is 11.1 Å². The van der Waals surface area contributed by atoms with Crippen molar-refractivity contribution in [3.8, 4) is 0 Å². The lowest BCUT2D eigenvalue weighted by Crippen LogP contribution is -1.85. The number of hydrogen-bond donors (Lipinski definition) is 2. The molecule has 0 aliphatic heterocycles. The molecule has 0 spiro atoms. The Kier molecular flexibility index (Phi) is 7.96. The van der Waals surface area contributed by atoms with Crippen LogP contribution < -0.4 is 6.15 Å². The minimum atomic E-state index is -1.57. The summed E-state index contributed by atoms with van der Waals surface area (Å²) < 4.78 is 17.3. The van der Waals surface area contributed by atoms with Gasteiger partial charge in [0.2, 0.25) is 0 Å². The van der Waals surface area contributed by atoms with Crippen LogP contribution >= 0.6 is 0 Å². The van der Waals surface area contributed by atoms with Gasteiger partial charge in [-0.2, -0.15) is 0 Å². The fourth-order valence-corrected chi connectivity index (χ4v) is 0. The third-order valence-electron chi connectivity index (χ3n) is 0.247. The van der Waals surface area contributed by atoms with E-state index in [9.17, 15) is 4.21 Å². The van der Waals surface area contributed by atoms with Crippen LogP contribution in [0.5, 0.6) is 0 Å². The quantitative estimate of drug-likeness (QED) is 0.481. The zero-order chi connectivity index (χ0) is 4.28. The zero-order valence-corrected chi connectivity index (χ0v) is 4.49. The molecule has 0 amide bonds. The molecule has 40 valence electrons. The molecule has 0 aliphatic rings. The summed E-state index contributed by atoms with van der Waals surface area (Å²) in [7, 11) is 0. The van der Waals surface area contributed by atoms with Crippen LogP contribution in [-0.2, 0) is 11.1 Å². The van der Waals surface area contributed by atoms with Gasteiger partial charge in [0.05, 0.1) is 0 Å². The minimum absolute atomic E-state index is 0. The molecule has 0 aromatic rings. The maximum absolute atomic E-state index is 9.48. The summed E-state index contributed by atoms with van der Waals surface area (Å²) in [6.07, 6.45) is 0. The highest BCUT2D eigenvalue weighted by molar-refractivity contribution is 7.79. The van der Waals surface area contributed by atoms with Crippen LogP contribution in [0, 0.1) is 0 Å². The van der Waals surface area contributed by atoms with E-state index in [0.29, 0.717) is 5.75 Å². The smallest absolute Gasteiger partial charge is 0.152 e. The molecule has 4 heteroatoms. The van der Waals surface area contributed by atoms with Crippen LogP contribution in [0.25, 0.3) is 0 Å². The molecule has 0 saturated heterocycles. The summed E-state index contributed by atoms with van der Waals surface area (Å²) >= 11 is -1.57. The number of hydrogen-bond acceptors (Lipinski definition) is 2. The molecular weight excluding hydrogens is 102 g/mol. The topological polar surface area (TPSA) is 72.3 Å². The van der Waals surface area contributed by atoms with E-state index in [1.165, 1.54) is 0 Å². The molecule has 3 nitrogen and oxygen atoms in total. The van der Waals surface area contributed by atoms with Gasteiger partial charge in [0, 0.05) is 5.75 Å². The molecular formula is C2H9NO2S. The predicted molar refractivity (Wildman–Crippen MR) is 26.3 cm³/mol. The van der Waals surface area contributed by atoms with Gasteiger partial charge in [-0.05, 0) is 0 Å². The van der Waals surface area contributed by atoms with Crippen molar-refractivity contribution in [1.29, 1.82) is 0 Å². The molecule has 0 heterocycles. The molecule has 0 rings (SSSR count). The molecule has 4 N–H and O–H groups in total. The molecule has 0 fully saturated rings. The molecule has 0 saturated carbocycles. The highest BCUT2D eigenvalue weighted by Gasteiger charge is 1.76. The van der Waals surface area contributed by atoms with Crippen LogP contribution in [0.1, 0.15) is 6.92 Å². The minimum Gasteiger partial charge on any atom is -0.344 e. The SMILES string of the molecule is CCS(=O)O.N. The van der Waals surface area contributed by atoms with Gasteiger partial charge >= 0.3 is 0 Å². The summed E-state index contributed by atoms with van der Waals surface area (Å²) in [5.41, 5.74) is 0. The molecule has 0 aliphatic carbocycles. The van der Waals surface area contributed by atoms with Gasteiger partial charge in [-0.3, -0.25) is 0 Å². The van der Waals surface area contributed by atoms with E-state index in [0.717, 1.165) is 0 Å². The first kappa shape index (κ1) is 9.42. The monoisotopic (exact) mass is 111 g/mol. The van der Waals surface area contributed by atoms with Gasteiger partial charge in [-0.15, -0.1) is 0 Å². The van der Waals surface area contributed by atoms with Crippen LogP contribution in [-0.4, -0.2) is 14.5 Å². The Morgan fingerprint density at radius 1 is 1.83 bits per heavy atom. The fourth-order valence-electron chi connectivity index (χ4n) is 0. The number of rotatable bonds is 1. The van der Waals surface area contributed by atoms with Crippen LogP contribution in [0.2, 0.25) is 0 Å². The summed E-state index contributed by atoms with van der Waals surface area (Å²) in [4.78, 5) is 0. The third kappa shape index (κ3) is 8.95. The van der Waals surface area contributed by atoms with Gasteiger partial charge in [-0.1, -0.05) is 6.92 Å². The van der Waals surface area contributed by atoms with Gasteiger partial charge < -0.3 is 10.7 Å². The Hall–Kier alpha value is 0.0700. The standard InChI is InChI=1S/C2H6O2S.H3N/c1-2-5(3)4;/h2H2,1H3,(H,3,4);1H3.